The maximum Gasteiger partial charge on any atom is -0.00978 e. The van der Waals surface area contributed by atoms with Gasteiger partial charge in [0.25, 0.3) is 0 Å². The lowest BCUT2D eigenvalue weighted by atomic mass is 10.2. The summed E-state index contributed by atoms with van der Waals surface area (Å²) in [6.45, 7) is 2.16. The Balaban J connectivity index is 3.41. The zero-order valence-electron chi connectivity index (χ0n) is 13.6. The van der Waals surface area contributed by atoms with E-state index in [0.717, 1.165) is 37.9 Å². The van der Waals surface area contributed by atoms with E-state index in [0.29, 0.717) is 0 Å². The van der Waals surface area contributed by atoms with Gasteiger partial charge in [0.05, 0.1) is 0 Å². The maximum absolute atomic E-state index is 4.20. The van der Waals surface area contributed by atoms with Crippen LogP contribution in [0.25, 0.3) is 0 Å². The van der Waals surface area contributed by atoms with Gasteiger partial charge in [-0.05, 0) is 57.1 Å². The fourth-order valence-electron chi connectivity index (χ4n) is 1.74. The highest BCUT2D eigenvalue weighted by atomic mass is 32.1. The molecule has 0 N–H and O–H groups in total. The highest BCUT2D eigenvalue weighted by molar-refractivity contribution is 7.80. The van der Waals surface area contributed by atoms with Gasteiger partial charge in [0, 0.05) is 0 Å². The molecular formula is C20H32S. The molecule has 0 aromatic heterocycles. The van der Waals surface area contributed by atoms with Crippen molar-refractivity contribution in [2.45, 2.75) is 58.3 Å². The first-order valence-corrected chi connectivity index (χ1v) is 8.90. The zero-order chi connectivity index (χ0) is 15.4. The largest absolute Gasteiger partial charge is 0.179 e. The van der Waals surface area contributed by atoms with Gasteiger partial charge in [0.2, 0.25) is 0 Å². The third kappa shape index (κ3) is 19.0. The van der Waals surface area contributed by atoms with Gasteiger partial charge in [-0.2, -0.15) is 12.6 Å². The van der Waals surface area contributed by atoms with Gasteiger partial charge in [-0.15, -0.1) is 0 Å². The highest BCUT2D eigenvalue weighted by Crippen LogP contribution is 1.99. The fraction of sp³-hybridized carbons (Fsp3) is 0.500. The Labute approximate surface area is 137 Å². The molecule has 0 radical (unpaired) electrons. The molecule has 0 heterocycles. The van der Waals surface area contributed by atoms with E-state index in [1.165, 1.54) is 19.3 Å². The first-order chi connectivity index (χ1) is 10.4. The van der Waals surface area contributed by atoms with Crippen LogP contribution in [-0.4, -0.2) is 5.75 Å². The summed E-state index contributed by atoms with van der Waals surface area (Å²) in [5.74, 6) is 1.00. The fourth-order valence-corrected chi connectivity index (χ4v) is 1.97. The van der Waals surface area contributed by atoms with E-state index in [2.05, 4.69) is 80.3 Å². The quantitative estimate of drug-likeness (QED) is 0.215. The van der Waals surface area contributed by atoms with Crippen LogP contribution in [0.3, 0.4) is 0 Å². The molecular weight excluding hydrogens is 272 g/mol. The van der Waals surface area contributed by atoms with Gasteiger partial charge < -0.3 is 0 Å². The number of unbranched alkanes of at least 4 members (excludes halogenated alkanes) is 2. The third-order valence-corrected chi connectivity index (χ3v) is 3.25. The number of allylic oxidation sites excluding steroid dienone is 10. The molecule has 0 bridgehead atoms. The van der Waals surface area contributed by atoms with E-state index in [1.807, 2.05) is 0 Å². The van der Waals surface area contributed by atoms with Crippen LogP contribution in [0.5, 0.6) is 0 Å². The Morgan fingerprint density at radius 3 is 1.43 bits per heavy atom. The molecule has 0 aromatic rings. The van der Waals surface area contributed by atoms with E-state index in [4.69, 9.17) is 0 Å². The van der Waals surface area contributed by atoms with Crippen molar-refractivity contribution in [2.24, 2.45) is 0 Å². The Morgan fingerprint density at radius 2 is 1.00 bits per heavy atom. The minimum absolute atomic E-state index is 1.00. The molecule has 21 heavy (non-hydrogen) atoms. The first kappa shape index (κ1) is 20.1. The molecule has 0 aliphatic carbocycles. The predicted octanol–water partition coefficient (Wildman–Crippen LogP) is 6.84. The van der Waals surface area contributed by atoms with E-state index < -0.39 is 0 Å². The predicted molar refractivity (Wildman–Crippen MR) is 102 cm³/mol. The van der Waals surface area contributed by atoms with Gasteiger partial charge >= 0.3 is 0 Å². The lowest BCUT2D eigenvalue weighted by molar-refractivity contribution is 0.823. The van der Waals surface area contributed by atoms with Gasteiger partial charge in [0.15, 0.2) is 0 Å². The van der Waals surface area contributed by atoms with Gasteiger partial charge in [-0.3, -0.25) is 0 Å². The molecule has 0 aromatic carbocycles. The van der Waals surface area contributed by atoms with Crippen LogP contribution in [0.2, 0.25) is 0 Å². The van der Waals surface area contributed by atoms with Crippen molar-refractivity contribution in [3.63, 3.8) is 0 Å². The highest BCUT2D eigenvalue weighted by Gasteiger charge is 1.81. The van der Waals surface area contributed by atoms with Crippen LogP contribution in [0.1, 0.15) is 58.3 Å². The lowest BCUT2D eigenvalue weighted by Gasteiger charge is -1.90. The lowest BCUT2D eigenvalue weighted by Crippen LogP contribution is -1.73. The van der Waals surface area contributed by atoms with Crippen molar-refractivity contribution in [1.29, 1.82) is 0 Å². The Morgan fingerprint density at radius 1 is 0.571 bits per heavy atom. The summed E-state index contributed by atoms with van der Waals surface area (Å²) in [4.78, 5) is 0. The standard InChI is InChI=1S/C20H32S/c1-2-3-4-5-6-7-8-9-10-11-12-13-14-15-16-17-18-19-20-21/h3-4,6-7,9-10,12-13,15-16,21H,2,5,8,11,14,17-20H2,1H3. The summed E-state index contributed by atoms with van der Waals surface area (Å²) in [6.07, 6.45) is 31.4. The van der Waals surface area contributed by atoms with Crippen molar-refractivity contribution in [3.8, 4) is 0 Å². The second-order valence-electron chi connectivity index (χ2n) is 4.93. The topological polar surface area (TPSA) is 0 Å². The second-order valence-corrected chi connectivity index (χ2v) is 5.37. The Hall–Kier alpha value is -0.950. The minimum Gasteiger partial charge on any atom is -0.179 e. The molecule has 0 rings (SSSR count). The molecule has 0 atom stereocenters. The van der Waals surface area contributed by atoms with Gasteiger partial charge in [0.1, 0.15) is 0 Å². The molecule has 118 valence electrons. The van der Waals surface area contributed by atoms with Gasteiger partial charge in [-0.25, -0.2) is 0 Å². The van der Waals surface area contributed by atoms with E-state index in [-0.39, 0.29) is 0 Å². The number of hydrogen-bond acceptors (Lipinski definition) is 1. The number of thiol groups is 1. The summed E-state index contributed by atoms with van der Waals surface area (Å²) in [6, 6.07) is 0. The molecule has 0 saturated heterocycles. The third-order valence-electron chi connectivity index (χ3n) is 2.94. The maximum atomic E-state index is 4.20. The monoisotopic (exact) mass is 304 g/mol. The molecule has 0 aliphatic rings. The van der Waals surface area contributed by atoms with Crippen molar-refractivity contribution in [1.82, 2.24) is 0 Å². The molecule has 1 heteroatoms. The molecule has 0 unspecified atom stereocenters. The van der Waals surface area contributed by atoms with E-state index in [1.54, 1.807) is 0 Å². The zero-order valence-corrected chi connectivity index (χ0v) is 14.5. The Kier molecular flexibility index (Phi) is 18.2. The molecule has 0 saturated carbocycles. The summed E-state index contributed by atoms with van der Waals surface area (Å²) >= 11 is 4.20. The van der Waals surface area contributed by atoms with Crippen molar-refractivity contribution in [2.75, 3.05) is 5.75 Å². The van der Waals surface area contributed by atoms with Crippen LogP contribution in [0.4, 0.5) is 0 Å². The van der Waals surface area contributed by atoms with Gasteiger partial charge in [-0.1, -0.05) is 67.7 Å². The first-order valence-electron chi connectivity index (χ1n) is 8.27. The van der Waals surface area contributed by atoms with Crippen LogP contribution < -0.4 is 0 Å². The summed E-state index contributed by atoms with van der Waals surface area (Å²) in [7, 11) is 0. The summed E-state index contributed by atoms with van der Waals surface area (Å²) < 4.78 is 0. The molecule has 0 aliphatic heterocycles. The minimum atomic E-state index is 1.00. The SMILES string of the molecule is CCC=CCC=CCC=CCC=CCC=CCCCCS. The Bertz CT molecular complexity index is 332. The smallest absolute Gasteiger partial charge is 0.00978 e. The van der Waals surface area contributed by atoms with E-state index >= 15 is 0 Å². The number of hydrogen-bond donors (Lipinski definition) is 1. The molecule has 0 amide bonds. The molecule has 0 nitrogen and oxygen atoms in total. The summed E-state index contributed by atoms with van der Waals surface area (Å²) in [5, 5.41) is 0. The number of rotatable bonds is 13. The van der Waals surface area contributed by atoms with E-state index in [9.17, 15) is 0 Å². The normalized spacial score (nSPS) is 13.0. The van der Waals surface area contributed by atoms with Crippen LogP contribution in [0, 0.1) is 0 Å². The van der Waals surface area contributed by atoms with Crippen molar-refractivity contribution < 1.29 is 0 Å². The van der Waals surface area contributed by atoms with Crippen LogP contribution in [-0.2, 0) is 0 Å². The average Bonchev–Trinajstić information content (AvgIpc) is 2.50. The van der Waals surface area contributed by atoms with Crippen molar-refractivity contribution >= 4 is 12.6 Å². The average molecular weight is 305 g/mol. The van der Waals surface area contributed by atoms with Crippen LogP contribution >= 0.6 is 12.6 Å². The second kappa shape index (κ2) is 19.1. The molecule has 0 spiro atoms. The molecule has 0 fully saturated rings. The van der Waals surface area contributed by atoms with Crippen LogP contribution in [0.15, 0.2) is 60.8 Å². The van der Waals surface area contributed by atoms with Crippen molar-refractivity contribution in [3.05, 3.63) is 60.8 Å². The summed E-state index contributed by atoms with van der Waals surface area (Å²) in [5.41, 5.74) is 0.